The molecule has 0 aliphatic rings. The Morgan fingerprint density at radius 3 is 2.80 bits per heavy atom. The first-order chi connectivity index (χ1) is 9.40. The van der Waals surface area contributed by atoms with E-state index in [0.717, 1.165) is 12.3 Å². The van der Waals surface area contributed by atoms with Crippen LogP contribution in [0.2, 0.25) is 0 Å². The van der Waals surface area contributed by atoms with Crippen LogP contribution >= 0.6 is 11.3 Å². The molecule has 0 fully saturated rings. The molecule has 7 nitrogen and oxygen atoms in total. The first-order valence-electron chi connectivity index (χ1n) is 5.51. The zero-order valence-corrected chi connectivity index (χ0v) is 11.7. The number of aromatic nitrogens is 1. The molecule has 0 bridgehead atoms. The van der Waals surface area contributed by atoms with E-state index in [9.17, 15) is 18.3 Å². The fourth-order valence-corrected chi connectivity index (χ4v) is 3.25. The van der Waals surface area contributed by atoms with Gasteiger partial charge in [-0.2, -0.15) is 11.3 Å². The largest absolute Gasteiger partial charge is 0.477 e. The van der Waals surface area contributed by atoms with Crippen molar-refractivity contribution in [1.82, 2.24) is 9.71 Å². The average molecular weight is 316 g/mol. The predicted molar refractivity (Wildman–Crippen MR) is 72.2 cm³/mol. The van der Waals surface area contributed by atoms with E-state index < -0.39 is 22.1 Å². The van der Waals surface area contributed by atoms with Crippen LogP contribution in [0.4, 0.5) is 0 Å². The van der Waals surface area contributed by atoms with Crippen LogP contribution in [0, 0.1) is 0 Å². The molecule has 0 saturated heterocycles. The number of hydrogen-bond donors (Lipinski definition) is 4. The normalized spacial score (nSPS) is 13.2. The van der Waals surface area contributed by atoms with Gasteiger partial charge in [0.2, 0.25) is 10.0 Å². The summed E-state index contributed by atoms with van der Waals surface area (Å²) in [6.07, 6.45) is 0.136. The number of thiophene rings is 1. The molecule has 0 aliphatic heterocycles. The molecular formula is C11H12N2O5S2. The van der Waals surface area contributed by atoms with Crippen LogP contribution in [-0.4, -0.2) is 36.1 Å². The number of hydrogen-bond acceptors (Lipinski definition) is 5. The Morgan fingerprint density at radius 2 is 2.25 bits per heavy atom. The molecule has 108 valence electrons. The second-order valence-electron chi connectivity index (χ2n) is 3.98. The maximum atomic E-state index is 11.9. The van der Waals surface area contributed by atoms with Gasteiger partial charge in [-0.1, -0.05) is 0 Å². The lowest BCUT2D eigenvalue weighted by Gasteiger charge is -2.10. The highest BCUT2D eigenvalue weighted by atomic mass is 32.2. The summed E-state index contributed by atoms with van der Waals surface area (Å²) in [5.74, 6) is -1.25. The Morgan fingerprint density at radius 1 is 1.50 bits per heavy atom. The molecule has 0 radical (unpaired) electrons. The summed E-state index contributed by atoms with van der Waals surface area (Å²) < 4.78 is 26.0. The van der Waals surface area contributed by atoms with Gasteiger partial charge in [-0.05, 0) is 28.5 Å². The van der Waals surface area contributed by atoms with Gasteiger partial charge in [0.1, 0.15) is 10.6 Å². The van der Waals surface area contributed by atoms with Crippen LogP contribution < -0.4 is 4.72 Å². The average Bonchev–Trinajstić information content (AvgIpc) is 3.06. The van der Waals surface area contributed by atoms with Gasteiger partial charge in [0.25, 0.3) is 0 Å². The molecular weight excluding hydrogens is 304 g/mol. The molecule has 0 aromatic carbocycles. The van der Waals surface area contributed by atoms with Crippen LogP contribution in [0.3, 0.4) is 0 Å². The van der Waals surface area contributed by atoms with Crippen molar-refractivity contribution in [1.29, 1.82) is 0 Å². The number of aromatic carboxylic acids is 1. The number of aliphatic hydroxyl groups is 1. The van der Waals surface area contributed by atoms with Gasteiger partial charge in [-0.3, -0.25) is 0 Å². The van der Waals surface area contributed by atoms with E-state index in [-0.39, 0.29) is 17.1 Å². The topological polar surface area (TPSA) is 119 Å². The molecule has 2 heterocycles. The summed E-state index contributed by atoms with van der Waals surface area (Å²) in [5.41, 5.74) is 0.404. The number of nitrogens with one attached hydrogen (secondary N) is 2. The smallest absolute Gasteiger partial charge is 0.352 e. The zero-order chi connectivity index (χ0) is 14.8. The van der Waals surface area contributed by atoms with E-state index in [4.69, 9.17) is 5.11 Å². The summed E-state index contributed by atoms with van der Waals surface area (Å²) in [6, 6.07) is 2.71. The molecule has 2 rings (SSSR count). The van der Waals surface area contributed by atoms with Crippen molar-refractivity contribution in [2.24, 2.45) is 0 Å². The number of rotatable bonds is 6. The second-order valence-corrected chi connectivity index (χ2v) is 6.53. The molecule has 1 unspecified atom stereocenters. The van der Waals surface area contributed by atoms with Crippen molar-refractivity contribution < 1.29 is 23.4 Å². The van der Waals surface area contributed by atoms with Crippen molar-refractivity contribution in [2.75, 3.05) is 6.54 Å². The molecule has 0 saturated carbocycles. The van der Waals surface area contributed by atoms with Gasteiger partial charge in [0.05, 0.1) is 6.10 Å². The van der Waals surface area contributed by atoms with Crippen LogP contribution in [0.1, 0.15) is 22.2 Å². The Kier molecular flexibility index (Phi) is 4.23. The second kappa shape index (κ2) is 5.75. The zero-order valence-electron chi connectivity index (χ0n) is 10.1. The standard InChI is InChI=1S/C11H12N2O5S2/c14-10(7-1-2-19-6-7)5-13-20(17,18)8-3-9(11(15)16)12-4-8/h1-4,6,10,12-14H,5H2,(H,15,16). The van der Waals surface area contributed by atoms with Crippen LogP contribution in [0.15, 0.2) is 34.0 Å². The first kappa shape index (κ1) is 14.7. The highest BCUT2D eigenvalue weighted by Crippen LogP contribution is 2.16. The third-order valence-corrected chi connectivity index (χ3v) is 4.70. The number of carboxylic acid groups (broad SMARTS) is 1. The fourth-order valence-electron chi connectivity index (χ4n) is 1.51. The maximum Gasteiger partial charge on any atom is 0.352 e. The molecule has 2 aromatic heterocycles. The van der Waals surface area contributed by atoms with E-state index in [1.165, 1.54) is 11.3 Å². The Hall–Kier alpha value is -1.68. The first-order valence-corrected chi connectivity index (χ1v) is 7.94. The van der Waals surface area contributed by atoms with Gasteiger partial charge in [0.15, 0.2) is 0 Å². The number of sulfonamides is 1. The van der Waals surface area contributed by atoms with Crippen molar-refractivity contribution in [3.8, 4) is 0 Å². The Balaban J connectivity index is 2.05. The van der Waals surface area contributed by atoms with Crippen molar-refractivity contribution >= 4 is 27.3 Å². The van der Waals surface area contributed by atoms with Crippen molar-refractivity contribution in [3.63, 3.8) is 0 Å². The molecule has 0 amide bonds. The highest BCUT2D eigenvalue weighted by Gasteiger charge is 2.19. The number of carboxylic acids is 1. The van der Waals surface area contributed by atoms with Crippen LogP contribution in [0.5, 0.6) is 0 Å². The maximum absolute atomic E-state index is 11.9. The minimum atomic E-state index is -3.86. The lowest BCUT2D eigenvalue weighted by Crippen LogP contribution is -2.28. The lowest BCUT2D eigenvalue weighted by molar-refractivity contribution is 0.0691. The molecule has 0 spiro atoms. The Bertz CT molecular complexity index is 690. The van der Waals surface area contributed by atoms with E-state index in [1.54, 1.807) is 16.8 Å². The quantitative estimate of drug-likeness (QED) is 0.628. The van der Waals surface area contributed by atoms with Gasteiger partial charge in [-0.15, -0.1) is 0 Å². The summed E-state index contributed by atoms with van der Waals surface area (Å²) in [7, 11) is -3.86. The van der Waals surface area contributed by atoms with E-state index in [1.807, 2.05) is 0 Å². The SMILES string of the molecule is O=C(O)c1cc(S(=O)(=O)NCC(O)c2ccsc2)c[nH]1. The van der Waals surface area contributed by atoms with Crippen LogP contribution in [-0.2, 0) is 10.0 Å². The number of aromatic amines is 1. The highest BCUT2D eigenvalue weighted by molar-refractivity contribution is 7.89. The molecule has 0 aliphatic carbocycles. The molecule has 1 atom stereocenters. The summed E-state index contributed by atoms with van der Waals surface area (Å²) in [6.45, 7) is -0.188. The monoisotopic (exact) mass is 316 g/mol. The minimum Gasteiger partial charge on any atom is -0.477 e. The third kappa shape index (κ3) is 3.25. The molecule has 4 N–H and O–H groups in total. The Labute approximate surface area is 118 Å². The molecule has 20 heavy (non-hydrogen) atoms. The van der Waals surface area contributed by atoms with Gasteiger partial charge in [-0.25, -0.2) is 17.9 Å². The lowest BCUT2D eigenvalue weighted by atomic mass is 10.2. The van der Waals surface area contributed by atoms with Gasteiger partial charge < -0.3 is 15.2 Å². The minimum absolute atomic E-state index is 0.188. The molecule has 9 heteroatoms. The van der Waals surface area contributed by atoms with E-state index in [2.05, 4.69) is 9.71 Å². The van der Waals surface area contributed by atoms with Crippen molar-refractivity contribution in [2.45, 2.75) is 11.0 Å². The fraction of sp³-hybridized carbons (Fsp3) is 0.182. The van der Waals surface area contributed by atoms with Gasteiger partial charge in [0, 0.05) is 12.7 Å². The van der Waals surface area contributed by atoms with E-state index in [0.29, 0.717) is 5.56 Å². The van der Waals surface area contributed by atoms with E-state index >= 15 is 0 Å². The van der Waals surface area contributed by atoms with Crippen molar-refractivity contribution in [3.05, 3.63) is 40.3 Å². The number of aliphatic hydroxyl groups excluding tert-OH is 1. The van der Waals surface area contributed by atoms with Gasteiger partial charge >= 0.3 is 5.97 Å². The summed E-state index contributed by atoms with van der Waals surface area (Å²) in [5, 5.41) is 22.0. The predicted octanol–water partition coefficient (Wildman–Crippen LogP) is 0.786. The molecule has 2 aromatic rings. The third-order valence-electron chi connectivity index (χ3n) is 2.59. The summed E-state index contributed by atoms with van der Waals surface area (Å²) >= 11 is 1.40. The number of carbonyl (C=O) groups is 1. The summed E-state index contributed by atoms with van der Waals surface area (Å²) in [4.78, 5) is 12.8. The number of H-pyrrole nitrogens is 1. The van der Waals surface area contributed by atoms with Crippen LogP contribution in [0.25, 0.3) is 0 Å².